The van der Waals surface area contributed by atoms with E-state index in [9.17, 15) is 4.79 Å². The molecule has 0 aromatic heterocycles. The molecule has 2 aromatic carbocycles. The van der Waals surface area contributed by atoms with Gasteiger partial charge in [-0.05, 0) is 41.8 Å². The van der Waals surface area contributed by atoms with Crippen LogP contribution in [0.15, 0.2) is 53.5 Å². The Hall–Kier alpha value is -2.62. The standard InChI is InChI=1S/C21H25N3O/c1-3-18-4-6-19(7-5-18)16-22-20-8-10-21(11-9-20)24-14-12-23(13-15-24)17(2)25/h4-11,16H,3,12-15H2,1-2H3. The number of rotatable bonds is 4. The molecule has 4 heteroatoms. The van der Waals surface area contributed by atoms with Gasteiger partial charge in [0.15, 0.2) is 0 Å². The summed E-state index contributed by atoms with van der Waals surface area (Å²) in [6.07, 6.45) is 2.96. The van der Waals surface area contributed by atoms with Gasteiger partial charge in [-0.15, -0.1) is 0 Å². The number of hydrogen-bond donors (Lipinski definition) is 0. The molecule has 2 aromatic rings. The molecule has 1 saturated heterocycles. The third-order valence-corrected chi connectivity index (χ3v) is 4.69. The highest BCUT2D eigenvalue weighted by molar-refractivity contribution is 5.82. The van der Waals surface area contributed by atoms with Gasteiger partial charge in [-0.1, -0.05) is 31.2 Å². The largest absolute Gasteiger partial charge is 0.368 e. The summed E-state index contributed by atoms with van der Waals surface area (Å²) in [6.45, 7) is 7.15. The Balaban J connectivity index is 1.60. The molecule has 1 fully saturated rings. The van der Waals surface area contributed by atoms with Gasteiger partial charge >= 0.3 is 0 Å². The normalized spacial score (nSPS) is 15.0. The van der Waals surface area contributed by atoms with Gasteiger partial charge in [0, 0.05) is 45.0 Å². The minimum atomic E-state index is 0.163. The predicted octanol–water partition coefficient (Wildman–Crippen LogP) is 3.67. The monoisotopic (exact) mass is 335 g/mol. The summed E-state index contributed by atoms with van der Waals surface area (Å²) in [7, 11) is 0. The number of aryl methyl sites for hydroxylation is 1. The van der Waals surface area contributed by atoms with Crippen LogP contribution in [0.4, 0.5) is 11.4 Å². The van der Waals surface area contributed by atoms with Crippen molar-refractivity contribution < 1.29 is 4.79 Å². The van der Waals surface area contributed by atoms with Crippen LogP contribution < -0.4 is 4.90 Å². The van der Waals surface area contributed by atoms with Crippen LogP contribution in [0.2, 0.25) is 0 Å². The molecule has 1 aliphatic heterocycles. The summed E-state index contributed by atoms with van der Waals surface area (Å²) in [4.78, 5) is 20.2. The number of hydrogen-bond acceptors (Lipinski definition) is 3. The number of benzene rings is 2. The summed E-state index contributed by atoms with van der Waals surface area (Å²) < 4.78 is 0. The lowest BCUT2D eigenvalue weighted by atomic mass is 10.1. The van der Waals surface area contributed by atoms with Crippen molar-refractivity contribution in [1.82, 2.24) is 4.90 Å². The fourth-order valence-corrected chi connectivity index (χ4v) is 3.02. The smallest absolute Gasteiger partial charge is 0.219 e. The molecular weight excluding hydrogens is 310 g/mol. The summed E-state index contributed by atoms with van der Waals surface area (Å²) in [5.41, 5.74) is 4.59. The number of carbonyl (C=O) groups excluding carboxylic acids is 1. The molecule has 0 atom stereocenters. The SMILES string of the molecule is CCc1ccc(C=Nc2ccc(N3CCN(C(C)=O)CC3)cc2)cc1. The maximum Gasteiger partial charge on any atom is 0.219 e. The maximum atomic E-state index is 11.4. The molecule has 0 N–H and O–H groups in total. The van der Waals surface area contributed by atoms with Crippen molar-refractivity contribution in [3.05, 3.63) is 59.7 Å². The number of piperazine rings is 1. The average Bonchev–Trinajstić information content (AvgIpc) is 2.67. The molecule has 0 spiro atoms. The minimum absolute atomic E-state index is 0.163. The van der Waals surface area contributed by atoms with Gasteiger partial charge in [-0.25, -0.2) is 0 Å². The molecule has 130 valence electrons. The predicted molar refractivity (Wildman–Crippen MR) is 104 cm³/mol. The van der Waals surface area contributed by atoms with Crippen molar-refractivity contribution in [2.75, 3.05) is 31.1 Å². The molecule has 4 nitrogen and oxygen atoms in total. The second kappa shape index (κ2) is 7.97. The van der Waals surface area contributed by atoms with Crippen LogP contribution in [0, 0.1) is 0 Å². The molecular formula is C21H25N3O. The molecule has 0 bridgehead atoms. The Morgan fingerprint density at radius 2 is 1.64 bits per heavy atom. The highest BCUT2D eigenvalue weighted by Gasteiger charge is 2.18. The summed E-state index contributed by atoms with van der Waals surface area (Å²) in [5, 5.41) is 0. The van der Waals surface area contributed by atoms with Crippen LogP contribution in [0.25, 0.3) is 0 Å². The Kier molecular flexibility index (Phi) is 5.49. The number of aliphatic imine (C=N–C) groups is 1. The molecule has 1 amide bonds. The van der Waals surface area contributed by atoms with Gasteiger partial charge in [0.25, 0.3) is 0 Å². The van der Waals surface area contributed by atoms with E-state index in [0.29, 0.717) is 0 Å². The van der Waals surface area contributed by atoms with Crippen molar-refractivity contribution in [2.24, 2.45) is 4.99 Å². The topological polar surface area (TPSA) is 35.9 Å². The van der Waals surface area contributed by atoms with Crippen molar-refractivity contribution in [1.29, 1.82) is 0 Å². The number of nitrogens with zero attached hydrogens (tertiary/aromatic N) is 3. The van der Waals surface area contributed by atoms with E-state index < -0.39 is 0 Å². The van der Waals surface area contributed by atoms with Gasteiger partial charge in [0.2, 0.25) is 5.91 Å². The van der Waals surface area contributed by atoms with E-state index in [1.807, 2.05) is 23.2 Å². The fourth-order valence-electron chi connectivity index (χ4n) is 3.02. The van der Waals surface area contributed by atoms with Crippen molar-refractivity contribution in [3.8, 4) is 0 Å². The first-order valence-corrected chi connectivity index (χ1v) is 8.89. The van der Waals surface area contributed by atoms with E-state index in [1.54, 1.807) is 6.92 Å². The fraction of sp³-hybridized carbons (Fsp3) is 0.333. The zero-order chi connectivity index (χ0) is 17.6. The molecule has 1 heterocycles. The van der Waals surface area contributed by atoms with Crippen molar-refractivity contribution >= 4 is 23.5 Å². The van der Waals surface area contributed by atoms with E-state index in [1.165, 1.54) is 11.3 Å². The zero-order valence-electron chi connectivity index (χ0n) is 15.0. The van der Waals surface area contributed by atoms with E-state index in [-0.39, 0.29) is 5.91 Å². The summed E-state index contributed by atoms with van der Waals surface area (Å²) >= 11 is 0. The lowest BCUT2D eigenvalue weighted by Gasteiger charge is -2.35. The molecule has 0 radical (unpaired) electrons. The van der Waals surface area contributed by atoms with E-state index in [2.05, 4.69) is 53.2 Å². The zero-order valence-corrected chi connectivity index (χ0v) is 15.0. The first-order valence-electron chi connectivity index (χ1n) is 8.89. The van der Waals surface area contributed by atoms with Gasteiger partial charge in [-0.3, -0.25) is 9.79 Å². The molecule has 3 rings (SSSR count). The average molecular weight is 335 g/mol. The second-order valence-electron chi connectivity index (χ2n) is 6.36. The van der Waals surface area contributed by atoms with E-state index in [4.69, 9.17) is 0 Å². The highest BCUT2D eigenvalue weighted by Crippen LogP contribution is 2.21. The Morgan fingerprint density at radius 3 is 2.20 bits per heavy atom. The number of carbonyl (C=O) groups is 1. The highest BCUT2D eigenvalue weighted by atomic mass is 16.2. The van der Waals surface area contributed by atoms with Crippen LogP contribution in [0.5, 0.6) is 0 Å². The molecule has 0 unspecified atom stereocenters. The van der Waals surface area contributed by atoms with Crippen LogP contribution in [-0.2, 0) is 11.2 Å². The molecule has 1 aliphatic rings. The van der Waals surface area contributed by atoms with Crippen LogP contribution >= 0.6 is 0 Å². The van der Waals surface area contributed by atoms with Gasteiger partial charge in [-0.2, -0.15) is 0 Å². The van der Waals surface area contributed by atoms with Gasteiger partial charge < -0.3 is 9.80 Å². The third kappa shape index (κ3) is 4.47. The summed E-state index contributed by atoms with van der Waals surface area (Å²) in [6, 6.07) is 16.8. The maximum absolute atomic E-state index is 11.4. The first kappa shape index (κ1) is 17.2. The quantitative estimate of drug-likeness (QED) is 0.799. The second-order valence-corrected chi connectivity index (χ2v) is 6.36. The summed E-state index contributed by atoms with van der Waals surface area (Å²) in [5.74, 6) is 0.163. The molecule has 25 heavy (non-hydrogen) atoms. The Bertz CT molecular complexity index is 727. The lowest BCUT2D eigenvalue weighted by molar-refractivity contribution is -0.129. The first-order chi connectivity index (χ1) is 12.2. The Morgan fingerprint density at radius 1 is 1.00 bits per heavy atom. The lowest BCUT2D eigenvalue weighted by Crippen LogP contribution is -2.48. The van der Waals surface area contributed by atoms with Crippen LogP contribution in [0.1, 0.15) is 25.0 Å². The van der Waals surface area contributed by atoms with Crippen LogP contribution in [-0.4, -0.2) is 43.2 Å². The molecule has 0 saturated carbocycles. The van der Waals surface area contributed by atoms with Crippen molar-refractivity contribution in [3.63, 3.8) is 0 Å². The van der Waals surface area contributed by atoms with Crippen molar-refractivity contribution in [2.45, 2.75) is 20.3 Å². The van der Waals surface area contributed by atoms with E-state index in [0.717, 1.165) is 43.9 Å². The van der Waals surface area contributed by atoms with Crippen LogP contribution in [0.3, 0.4) is 0 Å². The molecule has 0 aliphatic carbocycles. The number of amides is 1. The Labute approximate surface area is 149 Å². The minimum Gasteiger partial charge on any atom is -0.368 e. The number of anilines is 1. The van der Waals surface area contributed by atoms with Gasteiger partial charge in [0.1, 0.15) is 0 Å². The third-order valence-electron chi connectivity index (χ3n) is 4.69. The van der Waals surface area contributed by atoms with E-state index >= 15 is 0 Å². The van der Waals surface area contributed by atoms with Gasteiger partial charge in [0.05, 0.1) is 5.69 Å².